The molecule has 2 fully saturated rings. The molecule has 0 bridgehead atoms. The molecule has 2 aliphatic rings. The van der Waals surface area contributed by atoms with Crippen LogP contribution < -0.4 is 0 Å². The lowest BCUT2D eigenvalue weighted by Crippen LogP contribution is -2.40. The molecule has 0 aromatic heterocycles. The van der Waals surface area contributed by atoms with Crippen molar-refractivity contribution in [3.05, 3.63) is 0 Å². The van der Waals surface area contributed by atoms with Gasteiger partial charge in [0.05, 0.1) is 5.88 Å². The van der Waals surface area contributed by atoms with E-state index >= 15 is 0 Å². The van der Waals surface area contributed by atoms with E-state index in [0.29, 0.717) is 18.2 Å². The molecule has 3 heteroatoms. The summed E-state index contributed by atoms with van der Waals surface area (Å²) in [5.41, 5.74) is -0.306. The summed E-state index contributed by atoms with van der Waals surface area (Å²) in [7, 11) is 0. The van der Waals surface area contributed by atoms with Crippen LogP contribution in [0.5, 0.6) is 0 Å². The van der Waals surface area contributed by atoms with Crippen LogP contribution in [0.3, 0.4) is 0 Å². The van der Waals surface area contributed by atoms with Crippen LogP contribution >= 0.6 is 11.6 Å². The summed E-state index contributed by atoms with van der Waals surface area (Å²) >= 11 is 5.99. The van der Waals surface area contributed by atoms with E-state index in [0.717, 1.165) is 6.42 Å². The largest absolute Gasteiger partial charge is 0.457 e. The molecular formula is C11H17ClO2. The second kappa shape index (κ2) is 4.09. The zero-order valence-electron chi connectivity index (χ0n) is 8.43. The summed E-state index contributed by atoms with van der Waals surface area (Å²) in [5.74, 6) is 0.931. The zero-order valence-corrected chi connectivity index (χ0v) is 9.18. The Morgan fingerprint density at radius 2 is 2.07 bits per heavy atom. The molecule has 1 atom stereocenters. The predicted molar refractivity (Wildman–Crippen MR) is 55.4 cm³/mol. The average molecular weight is 217 g/mol. The molecule has 0 amide bonds. The highest BCUT2D eigenvalue weighted by molar-refractivity contribution is 6.18. The predicted octanol–water partition coefficient (Wildman–Crippen LogP) is 2.88. The van der Waals surface area contributed by atoms with Gasteiger partial charge in [-0.3, -0.25) is 4.79 Å². The third-order valence-electron chi connectivity index (χ3n) is 3.64. The topological polar surface area (TPSA) is 26.3 Å². The Balaban J connectivity index is 2.06. The number of carbonyl (C=O) groups is 1. The maximum Gasteiger partial charge on any atom is 0.306 e. The van der Waals surface area contributed by atoms with Crippen LogP contribution in [0.15, 0.2) is 0 Å². The van der Waals surface area contributed by atoms with Crippen LogP contribution in [0.1, 0.15) is 44.9 Å². The zero-order chi connectivity index (χ0) is 10.0. The van der Waals surface area contributed by atoms with E-state index in [4.69, 9.17) is 16.3 Å². The number of halogens is 1. The van der Waals surface area contributed by atoms with Gasteiger partial charge >= 0.3 is 5.97 Å². The molecular weight excluding hydrogens is 200 g/mol. The lowest BCUT2D eigenvalue weighted by atomic mass is 9.76. The second-order valence-electron chi connectivity index (χ2n) is 4.51. The number of carbonyl (C=O) groups excluding carboxylic acids is 1. The van der Waals surface area contributed by atoms with Crippen LogP contribution in [0.4, 0.5) is 0 Å². The van der Waals surface area contributed by atoms with Crippen LogP contribution in [0.2, 0.25) is 0 Å². The van der Waals surface area contributed by atoms with Gasteiger partial charge in [0.25, 0.3) is 0 Å². The minimum Gasteiger partial charge on any atom is -0.457 e. The quantitative estimate of drug-likeness (QED) is 0.524. The Morgan fingerprint density at radius 3 is 2.57 bits per heavy atom. The average Bonchev–Trinajstić information content (AvgIpc) is 2.63. The number of esters is 1. The molecule has 14 heavy (non-hydrogen) atoms. The first kappa shape index (κ1) is 10.3. The Morgan fingerprint density at radius 1 is 1.36 bits per heavy atom. The van der Waals surface area contributed by atoms with Gasteiger partial charge < -0.3 is 4.74 Å². The van der Waals surface area contributed by atoms with E-state index in [1.54, 1.807) is 0 Å². The van der Waals surface area contributed by atoms with Crippen molar-refractivity contribution in [1.82, 2.24) is 0 Å². The van der Waals surface area contributed by atoms with Crippen molar-refractivity contribution >= 4 is 17.6 Å². The molecule has 0 unspecified atom stereocenters. The fourth-order valence-electron chi connectivity index (χ4n) is 2.76. The third kappa shape index (κ3) is 1.77. The Hall–Kier alpha value is -0.240. The first-order valence-electron chi connectivity index (χ1n) is 5.55. The van der Waals surface area contributed by atoms with Crippen molar-refractivity contribution in [2.24, 2.45) is 5.92 Å². The lowest BCUT2D eigenvalue weighted by Gasteiger charge is -2.36. The lowest BCUT2D eigenvalue weighted by molar-refractivity contribution is -0.151. The number of hydrogen-bond donors (Lipinski definition) is 0. The highest BCUT2D eigenvalue weighted by Gasteiger charge is 2.46. The molecule has 1 aliphatic carbocycles. The van der Waals surface area contributed by atoms with Crippen molar-refractivity contribution < 1.29 is 9.53 Å². The van der Waals surface area contributed by atoms with Gasteiger partial charge in [-0.1, -0.05) is 19.3 Å². The number of cyclic esters (lactones) is 1. The maximum absolute atomic E-state index is 11.2. The Bertz CT molecular complexity index is 223. The van der Waals surface area contributed by atoms with Crippen LogP contribution in [-0.2, 0) is 9.53 Å². The summed E-state index contributed by atoms with van der Waals surface area (Å²) < 4.78 is 5.47. The number of alkyl halides is 1. The van der Waals surface area contributed by atoms with Gasteiger partial charge in [0, 0.05) is 6.42 Å². The van der Waals surface area contributed by atoms with Crippen molar-refractivity contribution in [1.29, 1.82) is 0 Å². The van der Waals surface area contributed by atoms with Gasteiger partial charge in [-0.25, -0.2) is 0 Å². The third-order valence-corrected chi connectivity index (χ3v) is 4.10. The minimum atomic E-state index is -0.306. The Labute approximate surface area is 90.0 Å². The molecule has 2 nitrogen and oxygen atoms in total. The van der Waals surface area contributed by atoms with Crippen LogP contribution in [0, 0.1) is 5.92 Å². The van der Waals surface area contributed by atoms with Crippen molar-refractivity contribution in [3.8, 4) is 0 Å². The summed E-state index contributed by atoms with van der Waals surface area (Å²) in [6.07, 6.45) is 7.60. The molecule has 80 valence electrons. The molecule has 1 aliphatic heterocycles. The van der Waals surface area contributed by atoms with E-state index in [9.17, 15) is 4.79 Å². The molecule has 0 aromatic carbocycles. The highest BCUT2D eigenvalue weighted by Crippen LogP contribution is 2.42. The molecule has 0 aromatic rings. The van der Waals surface area contributed by atoms with Gasteiger partial charge in [-0.05, 0) is 25.2 Å². The SMILES string of the molecule is O=C1CC[C@@](CCl)(C2CCCCC2)O1. The minimum absolute atomic E-state index is 0.0591. The molecule has 1 heterocycles. The van der Waals surface area contributed by atoms with Crippen molar-refractivity contribution in [2.45, 2.75) is 50.5 Å². The summed E-state index contributed by atoms with van der Waals surface area (Å²) in [5, 5.41) is 0. The molecule has 1 saturated heterocycles. The Kier molecular flexibility index (Phi) is 3.01. The number of rotatable bonds is 2. The van der Waals surface area contributed by atoms with E-state index in [1.165, 1.54) is 32.1 Å². The fraction of sp³-hybridized carbons (Fsp3) is 0.909. The van der Waals surface area contributed by atoms with Gasteiger partial charge in [-0.15, -0.1) is 11.6 Å². The van der Waals surface area contributed by atoms with Gasteiger partial charge in [0.1, 0.15) is 5.60 Å². The molecule has 1 saturated carbocycles. The van der Waals surface area contributed by atoms with E-state index in [2.05, 4.69) is 0 Å². The first-order valence-corrected chi connectivity index (χ1v) is 6.08. The van der Waals surface area contributed by atoms with Crippen molar-refractivity contribution in [3.63, 3.8) is 0 Å². The standard InChI is InChI=1S/C11H17ClO2/c12-8-11(7-6-10(13)14-11)9-4-2-1-3-5-9/h9H,1-8H2/t11-/m1/s1. The molecule has 2 rings (SSSR count). The smallest absolute Gasteiger partial charge is 0.306 e. The summed E-state index contributed by atoms with van der Waals surface area (Å²) in [4.78, 5) is 11.2. The number of ether oxygens (including phenoxy) is 1. The van der Waals surface area contributed by atoms with Gasteiger partial charge in [-0.2, -0.15) is 0 Å². The molecule has 0 radical (unpaired) electrons. The fourth-order valence-corrected chi connectivity index (χ4v) is 3.17. The number of hydrogen-bond acceptors (Lipinski definition) is 2. The van der Waals surface area contributed by atoms with Crippen molar-refractivity contribution in [2.75, 3.05) is 5.88 Å². The van der Waals surface area contributed by atoms with Gasteiger partial charge in [0.15, 0.2) is 0 Å². The molecule has 0 N–H and O–H groups in total. The van der Waals surface area contributed by atoms with E-state index in [1.807, 2.05) is 0 Å². The van der Waals surface area contributed by atoms with E-state index < -0.39 is 0 Å². The van der Waals surface area contributed by atoms with Gasteiger partial charge in [0.2, 0.25) is 0 Å². The summed E-state index contributed by atoms with van der Waals surface area (Å²) in [6.45, 7) is 0. The highest BCUT2D eigenvalue weighted by atomic mass is 35.5. The second-order valence-corrected chi connectivity index (χ2v) is 4.77. The summed E-state index contributed by atoms with van der Waals surface area (Å²) in [6, 6.07) is 0. The maximum atomic E-state index is 11.2. The van der Waals surface area contributed by atoms with E-state index in [-0.39, 0.29) is 11.6 Å². The molecule has 0 spiro atoms. The van der Waals surface area contributed by atoms with Crippen LogP contribution in [-0.4, -0.2) is 17.5 Å². The normalized spacial score (nSPS) is 34.5. The van der Waals surface area contributed by atoms with Crippen LogP contribution in [0.25, 0.3) is 0 Å². The first-order chi connectivity index (χ1) is 6.77. The monoisotopic (exact) mass is 216 g/mol.